The van der Waals surface area contributed by atoms with Crippen LogP contribution in [0.3, 0.4) is 0 Å². The molecule has 2 rings (SSSR count). The molecule has 18 heavy (non-hydrogen) atoms. The predicted octanol–water partition coefficient (Wildman–Crippen LogP) is 2.45. The Labute approximate surface area is 110 Å². The van der Waals surface area contributed by atoms with Crippen LogP contribution in [0.4, 0.5) is 0 Å². The van der Waals surface area contributed by atoms with E-state index in [-0.39, 0.29) is 0 Å². The molecule has 0 saturated heterocycles. The van der Waals surface area contributed by atoms with E-state index in [4.69, 9.17) is 12.2 Å². The van der Waals surface area contributed by atoms with Gasteiger partial charge in [-0.1, -0.05) is 0 Å². The molecular formula is C12H14N4OS. The molecular weight excluding hydrogens is 248 g/mol. The van der Waals surface area contributed by atoms with Gasteiger partial charge < -0.3 is 5.11 Å². The van der Waals surface area contributed by atoms with Gasteiger partial charge in [-0.25, -0.2) is 0 Å². The Bertz CT molecular complexity index is 646. The van der Waals surface area contributed by atoms with Crippen molar-refractivity contribution in [1.29, 1.82) is 0 Å². The van der Waals surface area contributed by atoms with E-state index in [1.54, 1.807) is 10.9 Å². The molecule has 0 aliphatic heterocycles. The topological polar surface area (TPSA) is 66.2 Å². The lowest BCUT2D eigenvalue weighted by Crippen LogP contribution is -1.94. The summed E-state index contributed by atoms with van der Waals surface area (Å²) < 4.78 is 2.00. The number of phenols is 1. The Morgan fingerprint density at radius 3 is 2.44 bits per heavy atom. The Morgan fingerprint density at radius 1 is 1.33 bits per heavy atom. The van der Waals surface area contributed by atoms with Crippen molar-refractivity contribution in [1.82, 2.24) is 14.9 Å². The van der Waals surface area contributed by atoms with Gasteiger partial charge in [-0.05, 0) is 61.8 Å². The Balaban J connectivity index is 2.38. The molecule has 1 aromatic carbocycles. The number of aromatic nitrogens is 3. The monoisotopic (exact) mass is 262 g/mol. The summed E-state index contributed by atoms with van der Waals surface area (Å²) in [6, 6.07) is 3.73. The molecule has 0 radical (unpaired) electrons. The third-order valence-electron chi connectivity index (χ3n) is 2.65. The van der Waals surface area contributed by atoms with Gasteiger partial charge in [0.25, 0.3) is 0 Å². The quantitative estimate of drug-likeness (QED) is 0.645. The molecule has 0 aliphatic rings. The number of hydrogen-bond donors (Lipinski definition) is 2. The molecule has 0 fully saturated rings. The van der Waals surface area contributed by atoms with Crippen molar-refractivity contribution in [2.75, 3.05) is 0 Å². The number of aromatic hydroxyl groups is 1. The van der Waals surface area contributed by atoms with Gasteiger partial charge in [-0.15, -0.1) is 0 Å². The highest BCUT2D eigenvalue weighted by molar-refractivity contribution is 7.71. The number of nitrogens with zero attached hydrogens (tertiary/aromatic N) is 3. The van der Waals surface area contributed by atoms with Crippen molar-refractivity contribution in [3.8, 4) is 5.75 Å². The highest BCUT2D eigenvalue weighted by Gasteiger charge is 2.02. The van der Waals surface area contributed by atoms with E-state index in [2.05, 4.69) is 15.3 Å². The summed E-state index contributed by atoms with van der Waals surface area (Å²) in [4.78, 5) is 0. The van der Waals surface area contributed by atoms with E-state index in [0.29, 0.717) is 16.3 Å². The molecule has 0 saturated carbocycles. The van der Waals surface area contributed by atoms with Crippen LogP contribution in [-0.4, -0.2) is 26.2 Å². The van der Waals surface area contributed by atoms with Gasteiger partial charge >= 0.3 is 0 Å². The molecule has 5 nitrogen and oxygen atoms in total. The third kappa shape index (κ3) is 2.33. The van der Waals surface area contributed by atoms with E-state index < -0.39 is 0 Å². The number of benzene rings is 1. The standard InChI is InChI=1S/C12H14N4OS/c1-7-4-10(5-8(2)11(7)17)6-13-16-9(3)14-15-12(16)18/h4-6,17H,1-3H3,(H,15,18)/b13-6+. The SMILES string of the molecule is Cc1cc(/C=N/n2c(C)n[nH]c2=S)cc(C)c1O. The molecule has 6 heteroatoms. The number of hydrogen-bond acceptors (Lipinski definition) is 4. The summed E-state index contributed by atoms with van der Waals surface area (Å²) in [5.74, 6) is 1.02. The van der Waals surface area contributed by atoms with E-state index in [9.17, 15) is 5.11 Å². The van der Waals surface area contributed by atoms with Crippen LogP contribution in [0.1, 0.15) is 22.5 Å². The fraction of sp³-hybridized carbons (Fsp3) is 0.250. The molecule has 0 spiro atoms. The molecule has 94 valence electrons. The second-order valence-corrected chi connectivity index (χ2v) is 4.52. The second-order valence-electron chi connectivity index (χ2n) is 4.14. The first-order chi connectivity index (χ1) is 8.49. The molecule has 0 bridgehead atoms. The minimum atomic E-state index is 0.322. The zero-order chi connectivity index (χ0) is 13.3. The van der Waals surface area contributed by atoms with Gasteiger partial charge in [0.2, 0.25) is 4.77 Å². The van der Waals surface area contributed by atoms with Crippen molar-refractivity contribution in [3.63, 3.8) is 0 Å². The average molecular weight is 262 g/mol. The van der Waals surface area contributed by atoms with Crippen LogP contribution >= 0.6 is 12.2 Å². The zero-order valence-electron chi connectivity index (χ0n) is 10.4. The lowest BCUT2D eigenvalue weighted by molar-refractivity contribution is 0.467. The first kappa shape index (κ1) is 12.5. The first-order valence-electron chi connectivity index (χ1n) is 5.47. The maximum absolute atomic E-state index is 9.69. The van der Waals surface area contributed by atoms with Crippen LogP contribution in [0, 0.1) is 25.5 Å². The molecule has 2 aromatic rings. The largest absolute Gasteiger partial charge is 0.507 e. The van der Waals surface area contributed by atoms with Crippen LogP contribution in [0.5, 0.6) is 5.75 Å². The van der Waals surface area contributed by atoms with Crippen LogP contribution in [-0.2, 0) is 0 Å². The van der Waals surface area contributed by atoms with Gasteiger partial charge in [0.15, 0.2) is 0 Å². The second kappa shape index (κ2) is 4.73. The summed E-state index contributed by atoms with van der Waals surface area (Å²) in [6.45, 7) is 5.53. The van der Waals surface area contributed by atoms with Crippen LogP contribution in [0.25, 0.3) is 0 Å². The van der Waals surface area contributed by atoms with Gasteiger partial charge in [0.05, 0.1) is 6.21 Å². The summed E-state index contributed by atoms with van der Waals surface area (Å²) in [5.41, 5.74) is 2.55. The van der Waals surface area contributed by atoms with Crippen LogP contribution in [0.15, 0.2) is 17.2 Å². The van der Waals surface area contributed by atoms with Crippen molar-refractivity contribution in [2.45, 2.75) is 20.8 Å². The van der Waals surface area contributed by atoms with Crippen molar-refractivity contribution in [2.24, 2.45) is 5.10 Å². The highest BCUT2D eigenvalue weighted by Crippen LogP contribution is 2.22. The minimum absolute atomic E-state index is 0.322. The van der Waals surface area contributed by atoms with Gasteiger partial charge in [0.1, 0.15) is 11.6 Å². The smallest absolute Gasteiger partial charge is 0.216 e. The van der Waals surface area contributed by atoms with Gasteiger partial charge in [-0.2, -0.15) is 14.9 Å². The van der Waals surface area contributed by atoms with Crippen LogP contribution in [0.2, 0.25) is 0 Å². The predicted molar refractivity (Wildman–Crippen MR) is 72.7 cm³/mol. The maximum atomic E-state index is 9.69. The van der Waals surface area contributed by atoms with Crippen LogP contribution < -0.4 is 0 Å². The summed E-state index contributed by atoms with van der Waals surface area (Å²) in [5, 5.41) is 20.6. The fourth-order valence-corrected chi connectivity index (χ4v) is 1.92. The zero-order valence-corrected chi connectivity index (χ0v) is 11.2. The molecule has 1 aromatic heterocycles. The summed E-state index contributed by atoms with van der Waals surface area (Å²) in [6.07, 6.45) is 1.69. The summed E-state index contributed by atoms with van der Waals surface area (Å²) in [7, 11) is 0. The number of aryl methyl sites for hydroxylation is 3. The molecule has 2 N–H and O–H groups in total. The number of nitrogens with one attached hydrogen (secondary N) is 1. The minimum Gasteiger partial charge on any atom is -0.507 e. The lowest BCUT2D eigenvalue weighted by Gasteiger charge is -2.04. The number of rotatable bonds is 2. The maximum Gasteiger partial charge on any atom is 0.216 e. The van der Waals surface area contributed by atoms with Crippen molar-refractivity contribution >= 4 is 18.4 Å². The van der Waals surface area contributed by atoms with E-state index >= 15 is 0 Å². The van der Waals surface area contributed by atoms with E-state index in [1.807, 2.05) is 32.9 Å². The van der Waals surface area contributed by atoms with Crippen molar-refractivity contribution in [3.05, 3.63) is 39.4 Å². The highest BCUT2D eigenvalue weighted by atomic mass is 32.1. The molecule has 0 aliphatic carbocycles. The molecule has 0 unspecified atom stereocenters. The Kier molecular flexibility index (Phi) is 3.29. The molecule has 1 heterocycles. The Morgan fingerprint density at radius 2 is 1.94 bits per heavy atom. The Hall–Kier alpha value is -1.95. The summed E-state index contributed by atoms with van der Waals surface area (Å²) >= 11 is 5.05. The fourth-order valence-electron chi connectivity index (χ4n) is 1.69. The number of phenolic OH excluding ortho intramolecular Hbond substituents is 1. The third-order valence-corrected chi connectivity index (χ3v) is 2.91. The normalized spacial score (nSPS) is 11.3. The molecule has 0 atom stereocenters. The molecule has 0 amide bonds. The van der Waals surface area contributed by atoms with Crippen molar-refractivity contribution < 1.29 is 5.11 Å². The van der Waals surface area contributed by atoms with E-state index in [1.165, 1.54) is 0 Å². The number of aromatic amines is 1. The first-order valence-corrected chi connectivity index (χ1v) is 5.88. The average Bonchev–Trinajstić information content (AvgIpc) is 2.63. The number of H-pyrrole nitrogens is 1. The lowest BCUT2D eigenvalue weighted by atomic mass is 10.1. The van der Waals surface area contributed by atoms with E-state index in [0.717, 1.165) is 16.7 Å². The van der Waals surface area contributed by atoms with Gasteiger partial charge in [0, 0.05) is 0 Å². The van der Waals surface area contributed by atoms with Gasteiger partial charge in [-0.3, -0.25) is 5.10 Å².